The molecule has 0 radical (unpaired) electrons. The number of carboxylic acid groups (broad SMARTS) is 1. The van der Waals surface area contributed by atoms with Gasteiger partial charge in [0, 0.05) is 22.9 Å². The Kier molecular flexibility index (Phi) is 4.14. The molecule has 5 nitrogen and oxygen atoms in total. The largest absolute Gasteiger partial charge is 0.480 e. The van der Waals surface area contributed by atoms with E-state index >= 15 is 0 Å². The molecular formula is C19H14ClN3O2S. The minimum atomic E-state index is -0.777. The number of hydrogen-bond acceptors (Lipinski definition) is 4. The van der Waals surface area contributed by atoms with Crippen LogP contribution in [0.4, 0.5) is 0 Å². The SMILES string of the molecule is N#Cc1ccc(-c2cnccc2SC2(C(=O)O)CCC2)n2c(Cl)ccc12. The maximum atomic E-state index is 11.8. The molecule has 0 aromatic carbocycles. The molecule has 4 rings (SSSR count). The second-order valence-corrected chi connectivity index (χ2v) is 8.06. The van der Waals surface area contributed by atoms with Gasteiger partial charge in [-0.05, 0) is 49.6 Å². The molecule has 1 aliphatic rings. The van der Waals surface area contributed by atoms with Crippen molar-refractivity contribution in [2.24, 2.45) is 0 Å². The second-order valence-electron chi connectivity index (χ2n) is 6.25. The summed E-state index contributed by atoms with van der Waals surface area (Å²) in [6.07, 6.45) is 5.61. The van der Waals surface area contributed by atoms with Crippen LogP contribution < -0.4 is 0 Å². The summed E-state index contributed by atoms with van der Waals surface area (Å²) in [6.45, 7) is 0. The first kappa shape index (κ1) is 17.0. The van der Waals surface area contributed by atoms with Crippen LogP contribution in [-0.4, -0.2) is 25.2 Å². The third-order valence-corrected chi connectivity index (χ3v) is 6.64. The van der Waals surface area contributed by atoms with E-state index in [0.717, 1.165) is 22.6 Å². The molecule has 130 valence electrons. The Bertz CT molecular complexity index is 1070. The fraction of sp³-hybridized carbons (Fsp3) is 0.211. The summed E-state index contributed by atoms with van der Waals surface area (Å²) in [5.74, 6) is -0.777. The zero-order valence-corrected chi connectivity index (χ0v) is 15.2. The summed E-state index contributed by atoms with van der Waals surface area (Å²) >= 11 is 7.74. The summed E-state index contributed by atoms with van der Waals surface area (Å²) in [5, 5.41) is 19.5. The zero-order valence-electron chi connectivity index (χ0n) is 13.6. The van der Waals surface area contributed by atoms with Gasteiger partial charge in [0.2, 0.25) is 0 Å². The highest BCUT2D eigenvalue weighted by Crippen LogP contribution is 2.50. The predicted octanol–water partition coefficient (Wildman–Crippen LogP) is 4.63. The highest BCUT2D eigenvalue weighted by atomic mass is 35.5. The van der Waals surface area contributed by atoms with Gasteiger partial charge in [-0.1, -0.05) is 11.6 Å². The highest BCUT2D eigenvalue weighted by molar-refractivity contribution is 8.01. The lowest BCUT2D eigenvalue weighted by atomic mass is 9.84. The summed E-state index contributed by atoms with van der Waals surface area (Å²) in [6, 6.07) is 11.1. The van der Waals surface area contributed by atoms with Gasteiger partial charge in [-0.2, -0.15) is 5.26 Å². The lowest BCUT2D eigenvalue weighted by molar-refractivity contribution is -0.142. The Balaban J connectivity index is 1.88. The van der Waals surface area contributed by atoms with E-state index in [0.29, 0.717) is 29.1 Å². The average Bonchev–Trinajstić information content (AvgIpc) is 3.00. The van der Waals surface area contributed by atoms with Gasteiger partial charge in [0.15, 0.2) is 0 Å². The molecule has 3 aromatic heterocycles. The van der Waals surface area contributed by atoms with Crippen LogP contribution in [0.1, 0.15) is 24.8 Å². The highest BCUT2D eigenvalue weighted by Gasteiger charge is 2.45. The van der Waals surface area contributed by atoms with Crippen LogP contribution in [0.25, 0.3) is 16.8 Å². The standard InChI is InChI=1S/C19H14ClN3O2S/c20-17-5-4-14-12(10-21)2-3-15(23(14)17)13-11-22-9-6-16(13)26-19(18(24)25)7-1-8-19/h2-6,9,11H,1,7-8H2,(H,24,25). The molecule has 3 aromatic rings. The number of aliphatic carboxylic acids is 1. The van der Waals surface area contributed by atoms with Crippen molar-refractivity contribution in [3.63, 3.8) is 0 Å². The molecule has 1 fully saturated rings. The lowest BCUT2D eigenvalue weighted by Crippen LogP contribution is -2.41. The van der Waals surface area contributed by atoms with Gasteiger partial charge in [0.05, 0.1) is 16.8 Å². The number of halogens is 1. The molecule has 3 heterocycles. The van der Waals surface area contributed by atoms with Crippen LogP contribution in [0.3, 0.4) is 0 Å². The topological polar surface area (TPSA) is 78.4 Å². The Morgan fingerprint density at radius 3 is 2.77 bits per heavy atom. The van der Waals surface area contributed by atoms with Gasteiger partial charge in [-0.3, -0.25) is 14.2 Å². The minimum Gasteiger partial charge on any atom is -0.480 e. The van der Waals surface area contributed by atoms with Gasteiger partial charge in [0.1, 0.15) is 16.0 Å². The van der Waals surface area contributed by atoms with Crippen LogP contribution in [0.2, 0.25) is 5.15 Å². The predicted molar refractivity (Wildman–Crippen MR) is 100 cm³/mol. The Hall–Kier alpha value is -2.49. The molecule has 1 saturated carbocycles. The number of nitriles is 1. The molecule has 0 bridgehead atoms. The Labute approximate surface area is 159 Å². The van der Waals surface area contributed by atoms with Gasteiger partial charge >= 0.3 is 5.97 Å². The molecule has 0 spiro atoms. The number of fused-ring (bicyclic) bond motifs is 1. The van der Waals surface area contributed by atoms with Crippen molar-refractivity contribution in [2.45, 2.75) is 28.9 Å². The van der Waals surface area contributed by atoms with Gasteiger partial charge in [0.25, 0.3) is 0 Å². The normalized spacial score (nSPS) is 15.4. The number of aromatic nitrogens is 2. The molecule has 0 saturated heterocycles. The van der Waals surface area contributed by atoms with E-state index < -0.39 is 10.7 Å². The molecule has 0 amide bonds. The third kappa shape index (κ3) is 2.56. The first-order valence-corrected chi connectivity index (χ1v) is 9.32. The Morgan fingerprint density at radius 2 is 2.12 bits per heavy atom. The number of thioether (sulfide) groups is 1. The van der Waals surface area contributed by atoms with Gasteiger partial charge in [-0.25, -0.2) is 0 Å². The molecule has 7 heteroatoms. The van der Waals surface area contributed by atoms with Crippen molar-refractivity contribution in [3.8, 4) is 17.3 Å². The van der Waals surface area contributed by atoms with E-state index in [1.54, 1.807) is 35.0 Å². The van der Waals surface area contributed by atoms with E-state index in [2.05, 4.69) is 11.1 Å². The maximum Gasteiger partial charge on any atom is 0.320 e. The molecule has 0 atom stereocenters. The number of carboxylic acids is 1. The van der Waals surface area contributed by atoms with Crippen molar-refractivity contribution < 1.29 is 9.90 Å². The number of rotatable bonds is 4. The molecule has 0 unspecified atom stereocenters. The van der Waals surface area contributed by atoms with Gasteiger partial charge < -0.3 is 5.11 Å². The van der Waals surface area contributed by atoms with Crippen LogP contribution in [0.5, 0.6) is 0 Å². The lowest BCUT2D eigenvalue weighted by Gasteiger charge is -2.37. The molecular weight excluding hydrogens is 370 g/mol. The van der Waals surface area contributed by atoms with Crippen LogP contribution in [0, 0.1) is 11.3 Å². The van der Waals surface area contributed by atoms with E-state index in [1.165, 1.54) is 11.8 Å². The number of pyridine rings is 2. The monoisotopic (exact) mass is 383 g/mol. The summed E-state index contributed by atoms with van der Waals surface area (Å²) in [5.41, 5.74) is 2.83. The number of hydrogen-bond donors (Lipinski definition) is 1. The second kappa shape index (κ2) is 6.35. The molecule has 1 N–H and O–H groups in total. The van der Waals surface area contributed by atoms with Crippen LogP contribution >= 0.6 is 23.4 Å². The smallest absolute Gasteiger partial charge is 0.320 e. The third-order valence-electron chi connectivity index (χ3n) is 4.79. The number of carbonyl (C=O) groups is 1. The first-order valence-electron chi connectivity index (χ1n) is 8.12. The van der Waals surface area contributed by atoms with Crippen molar-refractivity contribution >= 4 is 34.8 Å². The minimum absolute atomic E-state index is 0.489. The van der Waals surface area contributed by atoms with E-state index in [4.69, 9.17) is 11.6 Å². The van der Waals surface area contributed by atoms with Gasteiger partial charge in [-0.15, -0.1) is 11.8 Å². The summed E-state index contributed by atoms with van der Waals surface area (Å²) < 4.78 is 1.03. The van der Waals surface area contributed by atoms with Crippen molar-refractivity contribution in [2.75, 3.05) is 0 Å². The van der Waals surface area contributed by atoms with Crippen molar-refractivity contribution in [1.29, 1.82) is 5.26 Å². The van der Waals surface area contributed by atoms with E-state index in [1.807, 2.05) is 12.1 Å². The van der Waals surface area contributed by atoms with E-state index in [-0.39, 0.29) is 0 Å². The summed E-state index contributed by atoms with van der Waals surface area (Å²) in [7, 11) is 0. The van der Waals surface area contributed by atoms with Crippen LogP contribution in [0.15, 0.2) is 47.6 Å². The Morgan fingerprint density at radius 1 is 1.31 bits per heavy atom. The van der Waals surface area contributed by atoms with Crippen molar-refractivity contribution in [3.05, 3.63) is 53.4 Å². The first-order chi connectivity index (χ1) is 12.6. The zero-order chi connectivity index (χ0) is 18.3. The van der Waals surface area contributed by atoms with Crippen LogP contribution in [-0.2, 0) is 4.79 Å². The molecule has 0 aliphatic heterocycles. The van der Waals surface area contributed by atoms with Crippen molar-refractivity contribution in [1.82, 2.24) is 9.38 Å². The molecule has 1 aliphatic carbocycles. The molecule has 26 heavy (non-hydrogen) atoms. The quantitative estimate of drug-likeness (QED) is 0.710. The van der Waals surface area contributed by atoms with E-state index in [9.17, 15) is 15.2 Å². The number of nitrogens with zero attached hydrogens (tertiary/aromatic N) is 3. The maximum absolute atomic E-state index is 11.8. The fourth-order valence-electron chi connectivity index (χ4n) is 3.22. The average molecular weight is 384 g/mol. The summed E-state index contributed by atoms with van der Waals surface area (Å²) in [4.78, 5) is 16.8. The fourth-order valence-corrected chi connectivity index (χ4v) is 4.87.